The van der Waals surface area contributed by atoms with E-state index in [1.807, 2.05) is 0 Å². The number of nitrogens with zero attached hydrogens (tertiary/aromatic N) is 1. The van der Waals surface area contributed by atoms with Crippen molar-refractivity contribution in [3.05, 3.63) is 52.0 Å². The molecule has 2 aromatic rings. The van der Waals surface area contributed by atoms with Crippen LogP contribution in [0.1, 0.15) is 24.4 Å². The fourth-order valence-corrected chi connectivity index (χ4v) is 2.55. The van der Waals surface area contributed by atoms with Crippen LogP contribution in [0.3, 0.4) is 0 Å². The van der Waals surface area contributed by atoms with Crippen LogP contribution in [0.5, 0.6) is 0 Å². The maximum absolute atomic E-state index is 11.1. The predicted molar refractivity (Wildman–Crippen MR) is 71.3 cm³/mol. The van der Waals surface area contributed by atoms with Crippen molar-refractivity contribution in [3.63, 3.8) is 0 Å². The minimum Gasteiger partial charge on any atom is -0.468 e. The highest BCUT2D eigenvalue weighted by Gasteiger charge is 2.18. The molecule has 0 aliphatic heterocycles. The van der Waals surface area contributed by atoms with Crippen LogP contribution in [0.2, 0.25) is 0 Å². The molecule has 1 heterocycles. The van der Waals surface area contributed by atoms with Gasteiger partial charge in [0.1, 0.15) is 5.76 Å². The Morgan fingerprint density at radius 2 is 2.11 bits per heavy atom. The van der Waals surface area contributed by atoms with Gasteiger partial charge >= 0.3 is 0 Å². The van der Waals surface area contributed by atoms with Gasteiger partial charge in [-0.1, -0.05) is 17.8 Å². The topological polar surface area (TPSA) is 76.5 Å². The SMILES string of the molecule is Cc1occc1Sc1ccc(C(C)O)cc1[N+](=O)[O-]. The van der Waals surface area contributed by atoms with Gasteiger partial charge < -0.3 is 9.52 Å². The Kier molecular flexibility index (Phi) is 3.92. The first-order valence-corrected chi connectivity index (χ1v) is 6.49. The Hall–Kier alpha value is -1.79. The molecule has 1 unspecified atom stereocenters. The molecule has 6 heteroatoms. The molecule has 100 valence electrons. The number of aliphatic hydroxyl groups is 1. The van der Waals surface area contributed by atoms with Gasteiger partial charge in [-0.15, -0.1) is 0 Å². The maximum atomic E-state index is 11.1. The van der Waals surface area contributed by atoms with Crippen molar-refractivity contribution in [2.75, 3.05) is 0 Å². The van der Waals surface area contributed by atoms with E-state index in [0.29, 0.717) is 10.5 Å². The van der Waals surface area contributed by atoms with Crippen molar-refractivity contribution in [2.45, 2.75) is 29.7 Å². The van der Waals surface area contributed by atoms with Gasteiger partial charge in [0.2, 0.25) is 0 Å². The number of aryl methyl sites for hydroxylation is 1. The molecule has 1 aromatic heterocycles. The number of hydrogen-bond donors (Lipinski definition) is 1. The summed E-state index contributed by atoms with van der Waals surface area (Å²) in [5.41, 5.74) is 0.518. The van der Waals surface area contributed by atoms with Gasteiger partial charge in [-0.05, 0) is 31.5 Å². The van der Waals surface area contributed by atoms with Gasteiger partial charge in [-0.3, -0.25) is 10.1 Å². The molecule has 1 atom stereocenters. The zero-order valence-electron chi connectivity index (χ0n) is 10.5. The first-order chi connectivity index (χ1) is 8.99. The third-order valence-electron chi connectivity index (χ3n) is 2.69. The molecule has 0 aliphatic carbocycles. The van der Waals surface area contributed by atoms with Crippen LogP contribution >= 0.6 is 11.8 Å². The number of hydrogen-bond acceptors (Lipinski definition) is 5. The zero-order chi connectivity index (χ0) is 14.0. The molecule has 0 saturated heterocycles. The minimum atomic E-state index is -0.728. The number of nitro benzene ring substituents is 1. The molecule has 1 aromatic carbocycles. The molecule has 0 spiro atoms. The third-order valence-corrected chi connectivity index (χ3v) is 3.90. The first-order valence-electron chi connectivity index (χ1n) is 5.67. The second-order valence-corrected chi connectivity index (χ2v) is 5.19. The van der Waals surface area contributed by atoms with Crippen LogP contribution in [-0.2, 0) is 0 Å². The average molecular weight is 279 g/mol. The van der Waals surface area contributed by atoms with Crippen molar-refractivity contribution in [1.82, 2.24) is 0 Å². The largest absolute Gasteiger partial charge is 0.468 e. The quantitative estimate of drug-likeness (QED) is 0.682. The van der Waals surface area contributed by atoms with Gasteiger partial charge in [-0.2, -0.15) is 0 Å². The normalized spacial score (nSPS) is 12.4. The summed E-state index contributed by atoms with van der Waals surface area (Å²) in [6, 6.07) is 6.52. The Morgan fingerprint density at radius 3 is 2.63 bits per heavy atom. The van der Waals surface area contributed by atoms with Crippen LogP contribution in [0.4, 0.5) is 5.69 Å². The van der Waals surface area contributed by atoms with Gasteiger partial charge in [-0.25, -0.2) is 0 Å². The molecule has 5 nitrogen and oxygen atoms in total. The Balaban J connectivity index is 2.40. The molecule has 1 N–H and O–H groups in total. The van der Waals surface area contributed by atoms with Gasteiger partial charge in [0.15, 0.2) is 0 Å². The molecule has 0 aliphatic rings. The summed E-state index contributed by atoms with van der Waals surface area (Å²) < 4.78 is 5.17. The first kappa shape index (κ1) is 13.6. The number of aliphatic hydroxyl groups excluding tert-OH is 1. The van der Waals surface area contributed by atoms with Crippen molar-refractivity contribution in [2.24, 2.45) is 0 Å². The lowest BCUT2D eigenvalue weighted by molar-refractivity contribution is -0.387. The molecule has 0 bridgehead atoms. The van der Waals surface area contributed by atoms with Gasteiger partial charge in [0.05, 0.1) is 27.1 Å². The van der Waals surface area contributed by atoms with Crippen LogP contribution in [0.15, 0.2) is 44.7 Å². The number of furan rings is 1. The third kappa shape index (κ3) is 2.97. The number of nitro groups is 1. The summed E-state index contributed by atoms with van der Waals surface area (Å²) >= 11 is 1.28. The lowest BCUT2D eigenvalue weighted by Gasteiger charge is -2.07. The second kappa shape index (κ2) is 5.46. The van der Waals surface area contributed by atoms with Crippen LogP contribution < -0.4 is 0 Å². The fraction of sp³-hybridized carbons (Fsp3) is 0.231. The van der Waals surface area contributed by atoms with Crippen molar-refractivity contribution in [3.8, 4) is 0 Å². The standard InChI is InChI=1S/C13H13NO4S/c1-8(15)10-3-4-13(11(7-10)14(16)17)19-12-5-6-18-9(12)2/h3-8,15H,1-2H3. The average Bonchev–Trinajstić information content (AvgIpc) is 2.75. The van der Waals surface area contributed by atoms with Crippen LogP contribution in [0, 0.1) is 17.0 Å². The molecule has 0 amide bonds. The van der Waals surface area contributed by atoms with E-state index in [4.69, 9.17) is 4.42 Å². The molecule has 2 rings (SSSR count). The molecule has 0 radical (unpaired) electrons. The van der Waals surface area contributed by atoms with Gasteiger partial charge in [0, 0.05) is 6.07 Å². The molecule has 0 fully saturated rings. The predicted octanol–water partition coefficient (Wildman–Crippen LogP) is 3.70. The van der Waals surface area contributed by atoms with Gasteiger partial charge in [0.25, 0.3) is 5.69 Å². The molecular weight excluding hydrogens is 266 g/mol. The van der Waals surface area contributed by atoms with Crippen LogP contribution in [0.25, 0.3) is 0 Å². The van der Waals surface area contributed by atoms with Crippen LogP contribution in [-0.4, -0.2) is 10.0 Å². The monoisotopic (exact) mass is 279 g/mol. The maximum Gasteiger partial charge on any atom is 0.283 e. The van der Waals surface area contributed by atoms with E-state index in [2.05, 4.69) is 0 Å². The summed E-state index contributed by atoms with van der Waals surface area (Å²) in [5.74, 6) is 0.721. The van der Waals surface area contributed by atoms with E-state index >= 15 is 0 Å². The lowest BCUT2D eigenvalue weighted by Crippen LogP contribution is -1.96. The lowest BCUT2D eigenvalue weighted by atomic mass is 10.1. The minimum absolute atomic E-state index is 0.0102. The number of benzene rings is 1. The summed E-state index contributed by atoms with van der Waals surface area (Å²) in [6.45, 7) is 3.38. The summed E-state index contributed by atoms with van der Waals surface area (Å²) in [5, 5.41) is 20.6. The highest BCUT2D eigenvalue weighted by molar-refractivity contribution is 7.99. The molecule has 0 saturated carbocycles. The van der Waals surface area contributed by atoms with E-state index in [1.165, 1.54) is 17.8 Å². The zero-order valence-corrected chi connectivity index (χ0v) is 11.3. The number of rotatable bonds is 4. The molecular formula is C13H13NO4S. The second-order valence-electron chi connectivity index (χ2n) is 4.10. The Labute approximate surface area is 114 Å². The van der Waals surface area contributed by atoms with Crippen molar-refractivity contribution >= 4 is 17.4 Å². The van der Waals surface area contributed by atoms with E-state index in [-0.39, 0.29) is 5.69 Å². The van der Waals surface area contributed by atoms with E-state index in [0.717, 1.165) is 10.7 Å². The summed E-state index contributed by atoms with van der Waals surface area (Å²) in [4.78, 5) is 12.0. The summed E-state index contributed by atoms with van der Waals surface area (Å²) in [6.07, 6.45) is 0.821. The fourth-order valence-electron chi connectivity index (χ4n) is 1.62. The smallest absolute Gasteiger partial charge is 0.283 e. The Bertz CT molecular complexity index is 606. The Morgan fingerprint density at radius 1 is 1.37 bits per heavy atom. The van der Waals surface area contributed by atoms with E-state index < -0.39 is 11.0 Å². The molecule has 19 heavy (non-hydrogen) atoms. The van der Waals surface area contributed by atoms with Crippen molar-refractivity contribution in [1.29, 1.82) is 0 Å². The summed E-state index contributed by atoms with van der Waals surface area (Å²) in [7, 11) is 0. The van der Waals surface area contributed by atoms with Crippen molar-refractivity contribution < 1.29 is 14.4 Å². The van der Waals surface area contributed by atoms with E-state index in [9.17, 15) is 15.2 Å². The highest BCUT2D eigenvalue weighted by Crippen LogP contribution is 2.37. The van der Waals surface area contributed by atoms with E-state index in [1.54, 1.807) is 38.3 Å². The highest BCUT2D eigenvalue weighted by atomic mass is 32.2.